The summed E-state index contributed by atoms with van der Waals surface area (Å²) in [5.74, 6) is 0.731. The van der Waals surface area contributed by atoms with E-state index in [0.717, 1.165) is 29.9 Å². The molecular formula is C16H18N2O2. The van der Waals surface area contributed by atoms with Crippen LogP contribution in [0.3, 0.4) is 0 Å². The lowest BCUT2D eigenvalue weighted by Gasteiger charge is -2.26. The van der Waals surface area contributed by atoms with Gasteiger partial charge < -0.3 is 5.32 Å². The molecule has 2 aliphatic rings. The van der Waals surface area contributed by atoms with Gasteiger partial charge in [0.15, 0.2) is 5.78 Å². The number of carbonyl (C=O) groups is 2. The quantitative estimate of drug-likeness (QED) is 0.835. The monoisotopic (exact) mass is 270 g/mol. The van der Waals surface area contributed by atoms with Gasteiger partial charge in [-0.3, -0.25) is 14.5 Å². The van der Waals surface area contributed by atoms with Crippen LogP contribution in [0.2, 0.25) is 0 Å². The Morgan fingerprint density at radius 2 is 2.10 bits per heavy atom. The Morgan fingerprint density at radius 1 is 1.30 bits per heavy atom. The Balaban J connectivity index is 1.99. The third kappa shape index (κ3) is 2.01. The maximum absolute atomic E-state index is 12.7. The van der Waals surface area contributed by atoms with Crippen LogP contribution < -0.4 is 5.32 Å². The zero-order chi connectivity index (χ0) is 14.3. The van der Waals surface area contributed by atoms with Crippen molar-refractivity contribution in [1.29, 1.82) is 0 Å². The SMILES string of the molecule is Cc1ccc(C(=O)C2=C3NCCCN3C(=O)C2)c(C)c1. The molecule has 0 spiro atoms. The second-order valence-corrected chi connectivity index (χ2v) is 5.48. The molecule has 1 aromatic carbocycles. The molecule has 20 heavy (non-hydrogen) atoms. The number of ketones is 1. The lowest BCUT2D eigenvalue weighted by Crippen LogP contribution is -2.39. The maximum atomic E-state index is 12.7. The zero-order valence-electron chi connectivity index (χ0n) is 11.8. The van der Waals surface area contributed by atoms with Gasteiger partial charge in [-0.15, -0.1) is 0 Å². The number of carbonyl (C=O) groups excluding carboxylic acids is 2. The van der Waals surface area contributed by atoms with E-state index in [4.69, 9.17) is 0 Å². The highest BCUT2D eigenvalue weighted by atomic mass is 16.2. The molecule has 2 heterocycles. The molecule has 0 aliphatic carbocycles. The number of Topliss-reactive ketones (excluding diaryl/α,β-unsaturated/α-hetero) is 1. The summed E-state index contributed by atoms with van der Waals surface area (Å²) in [6, 6.07) is 5.80. The van der Waals surface area contributed by atoms with Crippen molar-refractivity contribution in [3.05, 3.63) is 46.3 Å². The van der Waals surface area contributed by atoms with Crippen molar-refractivity contribution >= 4 is 11.7 Å². The summed E-state index contributed by atoms with van der Waals surface area (Å²) in [4.78, 5) is 26.4. The molecular weight excluding hydrogens is 252 g/mol. The number of hydrogen-bond acceptors (Lipinski definition) is 3. The number of benzene rings is 1. The first-order valence-electron chi connectivity index (χ1n) is 6.97. The van der Waals surface area contributed by atoms with Crippen molar-refractivity contribution in [3.8, 4) is 0 Å². The average molecular weight is 270 g/mol. The molecule has 3 rings (SSSR count). The number of rotatable bonds is 2. The summed E-state index contributed by atoms with van der Waals surface area (Å²) in [6.07, 6.45) is 1.15. The van der Waals surface area contributed by atoms with Crippen LogP contribution in [-0.2, 0) is 4.79 Å². The molecule has 1 N–H and O–H groups in total. The van der Waals surface area contributed by atoms with E-state index in [-0.39, 0.29) is 18.1 Å². The Bertz CT molecular complexity index is 631. The molecule has 1 aromatic rings. The molecule has 0 saturated carbocycles. The molecule has 1 fully saturated rings. The van der Waals surface area contributed by atoms with E-state index >= 15 is 0 Å². The van der Waals surface area contributed by atoms with Crippen LogP contribution in [0.4, 0.5) is 0 Å². The molecule has 0 atom stereocenters. The van der Waals surface area contributed by atoms with Gasteiger partial charge in [-0.2, -0.15) is 0 Å². The van der Waals surface area contributed by atoms with Gasteiger partial charge in [0.05, 0.1) is 12.0 Å². The van der Waals surface area contributed by atoms with Crippen LogP contribution in [-0.4, -0.2) is 29.7 Å². The summed E-state index contributed by atoms with van der Waals surface area (Å²) < 4.78 is 0. The van der Waals surface area contributed by atoms with Gasteiger partial charge in [-0.05, 0) is 25.8 Å². The van der Waals surface area contributed by atoms with Crippen molar-refractivity contribution in [2.45, 2.75) is 26.7 Å². The van der Waals surface area contributed by atoms with Gasteiger partial charge in [0.25, 0.3) is 0 Å². The first-order chi connectivity index (χ1) is 9.58. The summed E-state index contributed by atoms with van der Waals surface area (Å²) in [7, 11) is 0. The van der Waals surface area contributed by atoms with E-state index < -0.39 is 0 Å². The number of hydrogen-bond donors (Lipinski definition) is 1. The molecule has 1 saturated heterocycles. The molecule has 4 nitrogen and oxygen atoms in total. The Hall–Kier alpha value is -2.10. The summed E-state index contributed by atoms with van der Waals surface area (Å²) in [5.41, 5.74) is 3.41. The first-order valence-corrected chi connectivity index (χ1v) is 6.97. The smallest absolute Gasteiger partial charge is 0.232 e. The molecule has 104 valence electrons. The molecule has 1 amide bonds. The molecule has 0 unspecified atom stereocenters. The second kappa shape index (κ2) is 4.78. The molecule has 0 aromatic heterocycles. The van der Waals surface area contributed by atoms with Gasteiger partial charge in [-0.1, -0.05) is 23.8 Å². The third-order valence-electron chi connectivity index (χ3n) is 3.94. The molecule has 2 aliphatic heterocycles. The van der Waals surface area contributed by atoms with Crippen LogP contribution in [0.25, 0.3) is 0 Å². The van der Waals surface area contributed by atoms with Gasteiger partial charge >= 0.3 is 0 Å². The van der Waals surface area contributed by atoms with Crippen LogP contribution >= 0.6 is 0 Å². The predicted octanol–water partition coefficient (Wildman–Crippen LogP) is 1.92. The number of amides is 1. The highest BCUT2D eigenvalue weighted by Crippen LogP contribution is 2.28. The molecule has 0 radical (unpaired) electrons. The number of nitrogens with one attached hydrogen (secondary N) is 1. The molecule has 4 heteroatoms. The van der Waals surface area contributed by atoms with Crippen molar-refractivity contribution < 1.29 is 9.59 Å². The minimum atomic E-state index is -0.0252. The fraction of sp³-hybridized carbons (Fsp3) is 0.375. The van der Waals surface area contributed by atoms with E-state index in [2.05, 4.69) is 5.32 Å². The highest BCUT2D eigenvalue weighted by Gasteiger charge is 2.35. The highest BCUT2D eigenvalue weighted by molar-refractivity contribution is 6.14. The lowest BCUT2D eigenvalue weighted by atomic mass is 9.96. The van der Waals surface area contributed by atoms with Crippen LogP contribution in [0.5, 0.6) is 0 Å². The average Bonchev–Trinajstić information content (AvgIpc) is 2.76. The summed E-state index contributed by atoms with van der Waals surface area (Å²) >= 11 is 0. The number of nitrogens with zero attached hydrogens (tertiary/aromatic N) is 1. The lowest BCUT2D eigenvalue weighted by molar-refractivity contribution is -0.127. The van der Waals surface area contributed by atoms with Gasteiger partial charge in [0.2, 0.25) is 5.91 Å². The Morgan fingerprint density at radius 3 is 2.85 bits per heavy atom. The normalized spacial score (nSPS) is 18.1. The summed E-state index contributed by atoms with van der Waals surface area (Å²) in [6.45, 7) is 5.48. The largest absolute Gasteiger partial charge is 0.371 e. The van der Waals surface area contributed by atoms with Crippen LogP contribution in [0.15, 0.2) is 29.6 Å². The first kappa shape index (κ1) is 12.9. The third-order valence-corrected chi connectivity index (χ3v) is 3.94. The second-order valence-electron chi connectivity index (χ2n) is 5.48. The molecule has 0 bridgehead atoms. The minimum Gasteiger partial charge on any atom is -0.371 e. The van der Waals surface area contributed by atoms with E-state index in [1.165, 1.54) is 0 Å². The van der Waals surface area contributed by atoms with Gasteiger partial charge in [-0.25, -0.2) is 0 Å². The standard InChI is InChI=1S/C16H18N2O2/c1-10-4-5-12(11(2)8-10)15(20)13-9-14(19)18-7-3-6-17-16(13)18/h4-5,8,17H,3,6-7,9H2,1-2H3. The van der Waals surface area contributed by atoms with E-state index in [1.54, 1.807) is 4.90 Å². The van der Waals surface area contributed by atoms with E-state index in [1.807, 2.05) is 32.0 Å². The Labute approximate surface area is 118 Å². The van der Waals surface area contributed by atoms with Gasteiger partial charge in [0.1, 0.15) is 5.82 Å². The van der Waals surface area contributed by atoms with E-state index in [9.17, 15) is 9.59 Å². The van der Waals surface area contributed by atoms with Crippen molar-refractivity contribution in [1.82, 2.24) is 10.2 Å². The zero-order valence-corrected chi connectivity index (χ0v) is 11.8. The van der Waals surface area contributed by atoms with Crippen LogP contribution in [0.1, 0.15) is 34.3 Å². The number of fused-ring (bicyclic) bond motifs is 1. The van der Waals surface area contributed by atoms with Crippen molar-refractivity contribution in [3.63, 3.8) is 0 Å². The van der Waals surface area contributed by atoms with Gasteiger partial charge in [0, 0.05) is 18.7 Å². The Kier molecular flexibility index (Phi) is 3.08. The fourth-order valence-electron chi connectivity index (χ4n) is 2.92. The van der Waals surface area contributed by atoms with Crippen LogP contribution in [0, 0.1) is 13.8 Å². The van der Waals surface area contributed by atoms with Crippen molar-refractivity contribution in [2.75, 3.05) is 13.1 Å². The minimum absolute atomic E-state index is 0.0252. The maximum Gasteiger partial charge on any atom is 0.232 e. The topological polar surface area (TPSA) is 49.4 Å². The van der Waals surface area contributed by atoms with E-state index in [0.29, 0.717) is 17.7 Å². The number of aryl methyl sites for hydroxylation is 2. The van der Waals surface area contributed by atoms with Crippen molar-refractivity contribution in [2.24, 2.45) is 0 Å². The fourth-order valence-corrected chi connectivity index (χ4v) is 2.92. The summed E-state index contributed by atoms with van der Waals surface area (Å²) in [5, 5.41) is 3.21. The predicted molar refractivity (Wildman–Crippen MR) is 76.2 cm³/mol.